The Morgan fingerprint density at radius 1 is 1.00 bits per heavy atom. The van der Waals surface area contributed by atoms with Crippen LogP contribution in [0.2, 0.25) is 0 Å². The first-order valence-corrected chi connectivity index (χ1v) is 10.8. The predicted octanol–water partition coefficient (Wildman–Crippen LogP) is 4.90. The fraction of sp³-hybridized carbons (Fsp3) is 0.364. The smallest absolute Gasteiger partial charge is 0.233 e. The summed E-state index contributed by atoms with van der Waals surface area (Å²) in [5.74, 6) is 0.275. The Morgan fingerprint density at radius 2 is 1.59 bits per heavy atom. The van der Waals surface area contributed by atoms with Crippen molar-refractivity contribution in [1.29, 1.82) is 0 Å². The lowest BCUT2D eigenvalue weighted by Crippen LogP contribution is -2.40. The van der Waals surface area contributed by atoms with Crippen molar-refractivity contribution < 1.29 is 4.79 Å². The van der Waals surface area contributed by atoms with Gasteiger partial charge in [0, 0.05) is 11.4 Å². The quantitative estimate of drug-likeness (QED) is 0.512. The van der Waals surface area contributed by atoms with Gasteiger partial charge in [-0.1, -0.05) is 50.2 Å². The molecule has 0 aromatic heterocycles. The number of thioether (sulfide) groups is 1. The zero-order valence-electron chi connectivity index (χ0n) is 16.4. The molecule has 0 saturated heterocycles. The molecule has 2 aromatic carbocycles. The van der Waals surface area contributed by atoms with Gasteiger partial charge < -0.3 is 10.6 Å². The number of benzene rings is 2. The molecule has 1 amide bonds. The molecule has 2 N–H and O–H groups in total. The van der Waals surface area contributed by atoms with Gasteiger partial charge in [0.1, 0.15) is 0 Å². The predicted molar refractivity (Wildman–Crippen MR) is 119 cm³/mol. The second-order valence-electron chi connectivity index (χ2n) is 7.08. The summed E-state index contributed by atoms with van der Waals surface area (Å²) >= 11 is 6.98. The van der Waals surface area contributed by atoms with Crippen molar-refractivity contribution in [2.45, 2.75) is 44.6 Å². The molecular formula is C22H28N2OS2. The van der Waals surface area contributed by atoms with Crippen molar-refractivity contribution in [3.63, 3.8) is 0 Å². The van der Waals surface area contributed by atoms with Gasteiger partial charge in [-0.2, -0.15) is 0 Å². The third-order valence-electron chi connectivity index (χ3n) is 4.37. The summed E-state index contributed by atoms with van der Waals surface area (Å²) in [5.41, 5.74) is 3.42. The Hall–Kier alpha value is -1.85. The topological polar surface area (TPSA) is 41.1 Å². The zero-order chi connectivity index (χ0) is 19.8. The number of nitrogens with one attached hydrogen (secondary N) is 2. The number of amides is 1. The van der Waals surface area contributed by atoms with Crippen molar-refractivity contribution in [1.82, 2.24) is 10.6 Å². The molecule has 27 heavy (non-hydrogen) atoms. The summed E-state index contributed by atoms with van der Waals surface area (Å²) in [6, 6.07) is 16.6. The van der Waals surface area contributed by atoms with Crippen LogP contribution in [0.15, 0.2) is 53.4 Å². The standard InChI is InChI=1S/C22H28N2OS2/c1-15(2)13-17-5-9-19(10-6-17)16(3)21(25)24-22(26)23-14-18-7-11-20(27-4)12-8-18/h5-12,15-16H,13-14H2,1-4H3,(H2,23,24,25,26). The number of thiocarbonyl (C=S) groups is 1. The second-order valence-corrected chi connectivity index (χ2v) is 8.37. The fourth-order valence-electron chi connectivity index (χ4n) is 2.76. The Labute approximate surface area is 172 Å². The molecule has 1 unspecified atom stereocenters. The molecule has 0 aliphatic carbocycles. The van der Waals surface area contributed by atoms with E-state index in [4.69, 9.17) is 12.2 Å². The molecule has 144 valence electrons. The van der Waals surface area contributed by atoms with E-state index in [9.17, 15) is 4.79 Å². The van der Waals surface area contributed by atoms with Gasteiger partial charge in [0.2, 0.25) is 5.91 Å². The van der Waals surface area contributed by atoms with Crippen LogP contribution in [0.25, 0.3) is 0 Å². The average molecular weight is 401 g/mol. The van der Waals surface area contributed by atoms with Gasteiger partial charge in [-0.25, -0.2) is 0 Å². The van der Waals surface area contributed by atoms with Crippen LogP contribution in [-0.4, -0.2) is 17.3 Å². The lowest BCUT2D eigenvalue weighted by molar-refractivity contribution is -0.120. The molecule has 0 heterocycles. The fourth-order valence-corrected chi connectivity index (χ4v) is 3.34. The van der Waals surface area contributed by atoms with E-state index in [1.165, 1.54) is 10.5 Å². The monoisotopic (exact) mass is 400 g/mol. The molecule has 0 saturated carbocycles. The lowest BCUT2D eigenvalue weighted by Gasteiger charge is -2.15. The summed E-state index contributed by atoms with van der Waals surface area (Å²) in [4.78, 5) is 13.7. The summed E-state index contributed by atoms with van der Waals surface area (Å²) in [6.07, 6.45) is 3.10. The second kappa shape index (κ2) is 10.5. The van der Waals surface area contributed by atoms with Crippen molar-refractivity contribution in [2.24, 2.45) is 5.92 Å². The molecular weight excluding hydrogens is 372 g/mol. The van der Waals surface area contributed by atoms with Crippen LogP contribution < -0.4 is 10.6 Å². The van der Waals surface area contributed by atoms with E-state index in [1.54, 1.807) is 11.8 Å². The van der Waals surface area contributed by atoms with Crippen LogP contribution in [0.4, 0.5) is 0 Å². The van der Waals surface area contributed by atoms with Crippen LogP contribution in [0.5, 0.6) is 0 Å². The maximum Gasteiger partial charge on any atom is 0.233 e. The van der Waals surface area contributed by atoms with Crippen LogP contribution in [0, 0.1) is 5.92 Å². The zero-order valence-corrected chi connectivity index (χ0v) is 18.0. The summed E-state index contributed by atoms with van der Waals surface area (Å²) < 4.78 is 0. The number of carbonyl (C=O) groups excluding carboxylic acids is 1. The Bertz CT molecular complexity index is 755. The molecule has 0 fully saturated rings. The first-order chi connectivity index (χ1) is 12.9. The van der Waals surface area contributed by atoms with Gasteiger partial charge in [-0.05, 0) is 66.6 Å². The van der Waals surface area contributed by atoms with E-state index in [2.05, 4.69) is 67.1 Å². The highest BCUT2D eigenvalue weighted by Crippen LogP contribution is 2.18. The number of hydrogen-bond donors (Lipinski definition) is 2. The molecule has 0 spiro atoms. The molecule has 5 heteroatoms. The van der Waals surface area contributed by atoms with E-state index >= 15 is 0 Å². The highest BCUT2D eigenvalue weighted by atomic mass is 32.2. The van der Waals surface area contributed by atoms with Crippen LogP contribution in [-0.2, 0) is 17.8 Å². The van der Waals surface area contributed by atoms with E-state index in [-0.39, 0.29) is 11.8 Å². The summed E-state index contributed by atoms with van der Waals surface area (Å²) in [6.45, 7) is 6.90. The van der Waals surface area contributed by atoms with Gasteiger partial charge >= 0.3 is 0 Å². The first kappa shape index (κ1) is 21.5. The molecule has 2 rings (SSSR count). The third kappa shape index (κ3) is 7.00. The average Bonchev–Trinajstić information content (AvgIpc) is 2.66. The maximum atomic E-state index is 12.5. The van der Waals surface area contributed by atoms with E-state index in [0.29, 0.717) is 17.6 Å². The SMILES string of the molecule is CSc1ccc(CNC(=S)NC(=O)C(C)c2ccc(CC(C)C)cc2)cc1. The molecule has 2 aromatic rings. The number of rotatable bonds is 7. The van der Waals surface area contributed by atoms with E-state index in [0.717, 1.165) is 17.5 Å². The van der Waals surface area contributed by atoms with E-state index < -0.39 is 0 Å². The van der Waals surface area contributed by atoms with Gasteiger partial charge in [0.05, 0.1) is 5.92 Å². The molecule has 1 atom stereocenters. The third-order valence-corrected chi connectivity index (χ3v) is 5.36. The van der Waals surface area contributed by atoms with Gasteiger partial charge in [0.15, 0.2) is 5.11 Å². The summed E-state index contributed by atoms with van der Waals surface area (Å²) in [5, 5.41) is 6.25. The summed E-state index contributed by atoms with van der Waals surface area (Å²) in [7, 11) is 0. The Kier molecular flexibility index (Phi) is 8.32. The van der Waals surface area contributed by atoms with Gasteiger partial charge in [0.25, 0.3) is 0 Å². The first-order valence-electron chi connectivity index (χ1n) is 9.19. The highest BCUT2D eigenvalue weighted by molar-refractivity contribution is 7.98. The van der Waals surface area contributed by atoms with Crippen LogP contribution in [0.1, 0.15) is 43.4 Å². The van der Waals surface area contributed by atoms with Gasteiger partial charge in [-0.3, -0.25) is 4.79 Å². The van der Waals surface area contributed by atoms with Crippen molar-refractivity contribution >= 4 is 35.0 Å². The normalized spacial score (nSPS) is 11.9. The molecule has 0 radical (unpaired) electrons. The minimum atomic E-state index is -0.251. The molecule has 3 nitrogen and oxygen atoms in total. The minimum Gasteiger partial charge on any atom is -0.358 e. The van der Waals surface area contributed by atoms with Crippen LogP contribution >= 0.6 is 24.0 Å². The number of carbonyl (C=O) groups is 1. The Balaban J connectivity index is 1.84. The maximum absolute atomic E-state index is 12.5. The van der Waals surface area contributed by atoms with Gasteiger partial charge in [-0.15, -0.1) is 11.8 Å². The minimum absolute atomic E-state index is 0.0955. The van der Waals surface area contributed by atoms with Crippen molar-refractivity contribution in [2.75, 3.05) is 6.26 Å². The van der Waals surface area contributed by atoms with Crippen molar-refractivity contribution in [3.05, 3.63) is 65.2 Å². The Morgan fingerprint density at radius 3 is 2.15 bits per heavy atom. The van der Waals surface area contributed by atoms with E-state index in [1.807, 2.05) is 19.1 Å². The van der Waals surface area contributed by atoms with Crippen molar-refractivity contribution in [3.8, 4) is 0 Å². The molecule has 0 bridgehead atoms. The molecule has 0 aliphatic heterocycles. The van der Waals surface area contributed by atoms with Crippen LogP contribution in [0.3, 0.4) is 0 Å². The highest BCUT2D eigenvalue weighted by Gasteiger charge is 2.16. The molecule has 0 aliphatic rings. The number of hydrogen-bond acceptors (Lipinski definition) is 3. The largest absolute Gasteiger partial charge is 0.358 e. The lowest BCUT2D eigenvalue weighted by atomic mass is 9.96.